The Kier molecular flexibility index (Phi) is 5.61. The highest BCUT2D eigenvalue weighted by Crippen LogP contribution is 2.15. The molecule has 5 nitrogen and oxygen atoms in total. The van der Waals surface area contributed by atoms with E-state index in [1.807, 2.05) is 50.2 Å². The number of pyridine rings is 1. The van der Waals surface area contributed by atoms with E-state index in [9.17, 15) is 9.59 Å². The Morgan fingerprint density at radius 3 is 2.07 bits per heavy atom. The Morgan fingerprint density at radius 1 is 0.852 bits per heavy atom. The molecule has 0 spiro atoms. The maximum absolute atomic E-state index is 12.4. The van der Waals surface area contributed by atoms with Crippen molar-refractivity contribution in [3.63, 3.8) is 0 Å². The molecule has 0 saturated heterocycles. The second kappa shape index (κ2) is 8.27. The summed E-state index contributed by atoms with van der Waals surface area (Å²) in [4.78, 5) is 28.8. The van der Waals surface area contributed by atoms with E-state index in [1.54, 1.807) is 30.5 Å². The first-order valence-electron chi connectivity index (χ1n) is 8.69. The summed E-state index contributed by atoms with van der Waals surface area (Å²) in [5.74, 6) is -0.414. The molecule has 2 N–H and O–H groups in total. The van der Waals surface area contributed by atoms with Gasteiger partial charge in [-0.3, -0.25) is 14.6 Å². The number of nitrogens with zero attached hydrogens (tertiary/aromatic N) is 1. The van der Waals surface area contributed by atoms with Crippen LogP contribution in [0.5, 0.6) is 0 Å². The number of nitrogens with one attached hydrogen (secondary N) is 2. The molecule has 3 aromatic rings. The van der Waals surface area contributed by atoms with Crippen LogP contribution in [0.3, 0.4) is 0 Å². The Labute approximate surface area is 158 Å². The van der Waals surface area contributed by atoms with Gasteiger partial charge in [-0.15, -0.1) is 0 Å². The zero-order chi connectivity index (χ0) is 19.2. The second-order valence-electron chi connectivity index (χ2n) is 6.41. The molecule has 0 aliphatic heterocycles. The average molecular weight is 359 g/mol. The van der Waals surface area contributed by atoms with Gasteiger partial charge in [-0.1, -0.05) is 12.1 Å². The number of aromatic nitrogens is 1. The predicted octanol–water partition coefficient (Wildman–Crippen LogP) is 3.88. The SMILES string of the molecule is Cc1cc(C)cc(NC(=O)c2ccc(C(=O)NCc3ccccn3)cc2)c1. The Morgan fingerprint density at radius 2 is 1.48 bits per heavy atom. The van der Waals surface area contributed by atoms with Crippen LogP contribution in [0.1, 0.15) is 37.5 Å². The van der Waals surface area contributed by atoms with E-state index in [1.165, 1.54) is 0 Å². The van der Waals surface area contributed by atoms with Gasteiger partial charge in [0.1, 0.15) is 0 Å². The molecule has 0 fully saturated rings. The summed E-state index contributed by atoms with van der Waals surface area (Å²) < 4.78 is 0. The molecule has 0 atom stereocenters. The van der Waals surface area contributed by atoms with Gasteiger partial charge in [-0.05, 0) is 73.5 Å². The zero-order valence-corrected chi connectivity index (χ0v) is 15.3. The molecule has 1 aromatic heterocycles. The van der Waals surface area contributed by atoms with Crippen molar-refractivity contribution in [3.8, 4) is 0 Å². The van der Waals surface area contributed by atoms with Gasteiger partial charge in [0.05, 0.1) is 12.2 Å². The highest BCUT2D eigenvalue weighted by Gasteiger charge is 2.10. The lowest BCUT2D eigenvalue weighted by molar-refractivity contribution is 0.0948. The number of hydrogen-bond acceptors (Lipinski definition) is 3. The maximum Gasteiger partial charge on any atom is 0.255 e. The normalized spacial score (nSPS) is 10.3. The summed E-state index contributed by atoms with van der Waals surface area (Å²) >= 11 is 0. The largest absolute Gasteiger partial charge is 0.346 e. The number of anilines is 1. The number of aryl methyl sites for hydroxylation is 2. The lowest BCUT2D eigenvalue weighted by Crippen LogP contribution is -2.23. The van der Waals surface area contributed by atoms with Crippen molar-refractivity contribution < 1.29 is 9.59 Å². The Bertz CT molecular complexity index is 931. The van der Waals surface area contributed by atoms with E-state index in [4.69, 9.17) is 0 Å². The Balaban J connectivity index is 1.62. The van der Waals surface area contributed by atoms with Gasteiger partial charge >= 0.3 is 0 Å². The summed E-state index contributed by atoms with van der Waals surface area (Å²) in [5, 5.41) is 5.70. The van der Waals surface area contributed by atoms with Crippen LogP contribution in [0, 0.1) is 13.8 Å². The van der Waals surface area contributed by atoms with Crippen molar-refractivity contribution in [3.05, 3.63) is 94.8 Å². The molecule has 5 heteroatoms. The van der Waals surface area contributed by atoms with E-state index in [-0.39, 0.29) is 11.8 Å². The highest BCUT2D eigenvalue weighted by atomic mass is 16.2. The molecule has 0 radical (unpaired) electrons. The summed E-state index contributed by atoms with van der Waals surface area (Å²) in [6.45, 7) is 4.33. The van der Waals surface area contributed by atoms with Crippen molar-refractivity contribution in [2.75, 3.05) is 5.32 Å². The standard InChI is InChI=1S/C22H21N3O2/c1-15-11-16(2)13-20(12-15)25-22(27)18-8-6-17(7-9-18)21(26)24-14-19-5-3-4-10-23-19/h3-13H,14H2,1-2H3,(H,24,26)(H,25,27). The van der Waals surface area contributed by atoms with Gasteiger partial charge in [-0.2, -0.15) is 0 Å². The molecular formula is C22H21N3O2. The van der Waals surface area contributed by atoms with E-state index >= 15 is 0 Å². The van der Waals surface area contributed by atoms with Gasteiger partial charge in [-0.25, -0.2) is 0 Å². The number of carbonyl (C=O) groups is 2. The minimum atomic E-state index is -0.208. The fourth-order valence-electron chi connectivity index (χ4n) is 2.80. The van der Waals surface area contributed by atoms with Gasteiger partial charge in [0.15, 0.2) is 0 Å². The summed E-state index contributed by atoms with van der Waals surface area (Å²) in [7, 11) is 0. The number of hydrogen-bond donors (Lipinski definition) is 2. The third kappa shape index (κ3) is 5.01. The lowest BCUT2D eigenvalue weighted by atomic mass is 10.1. The Hall–Kier alpha value is -3.47. The monoisotopic (exact) mass is 359 g/mol. The molecule has 1 heterocycles. The van der Waals surface area contributed by atoms with E-state index < -0.39 is 0 Å². The molecule has 2 amide bonds. The van der Waals surface area contributed by atoms with Gasteiger partial charge in [0, 0.05) is 23.0 Å². The predicted molar refractivity (Wildman–Crippen MR) is 106 cm³/mol. The fraction of sp³-hybridized carbons (Fsp3) is 0.136. The minimum absolute atomic E-state index is 0.207. The van der Waals surface area contributed by atoms with Crippen LogP contribution >= 0.6 is 0 Å². The molecular weight excluding hydrogens is 338 g/mol. The molecule has 27 heavy (non-hydrogen) atoms. The van der Waals surface area contributed by atoms with E-state index in [2.05, 4.69) is 15.6 Å². The van der Waals surface area contributed by atoms with Crippen LogP contribution < -0.4 is 10.6 Å². The molecule has 136 valence electrons. The topological polar surface area (TPSA) is 71.1 Å². The van der Waals surface area contributed by atoms with Crippen molar-refractivity contribution in [2.24, 2.45) is 0 Å². The van der Waals surface area contributed by atoms with Crippen molar-refractivity contribution >= 4 is 17.5 Å². The molecule has 0 aliphatic carbocycles. The third-order valence-electron chi connectivity index (χ3n) is 4.05. The molecule has 0 aliphatic rings. The van der Waals surface area contributed by atoms with Crippen LogP contribution in [-0.4, -0.2) is 16.8 Å². The minimum Gasteiger partial charge on any atom is -0.346 e. The van der Waals surface area contributed by atoms with Gasteiger partial charge in [0.2, 0.25) is 0 Å². The van der Waals surface area contributed by atoms with Crippen LogP contribution in [0.4, 0.5) is 5.69 Å². The first-order valence-corrected chi connectivity index (χ1v) is 8.69. The second-order valence-corrected chi connectivity index (χ2v) is 6.41. The number of benzene rings is 2. The van der Waals surface area contributed by atoms with Crippen LogP contribution in [0.25, 0.3) is 0 Å². The van der Waals surface area contributed by atoms with Crippen molar-refractivity contribution in [1.29, 1.82) is 0 Å². The molecule has 2 aromatic carbocycles. The quantitative estimate of drug-likeness (QED) is 0.726. The summed E-state index contributed by atoms with van der Waals surface area (Å²) in [6.07, 6.45) is 1.69. The third-order valence-corrected chi connectivity index (χ3v) is 4.05. The molecule has 0 bridgehead atoms. The summed E-state index contributed by atoms with van der Waals surface area (Å²) in [5.41, 5.74) is 4.71. The molecule has 3 rings (SSSR count). The fourth-order valence-corrected chi connectivity index (χ4v) is 2.80. The van der Waals surface area contributed by atoms with Gasteiger partial charge in [0.25, 0.3) is 11.8 Å². The average Bonchev–Trinajstić information content (AvgIpc) is 2.66. The first-order chi connectivity index (χ1) is 13.0. The van der Waals surface area contributed by atoms with E-state index in [0.717, 1.165) is 22.5 Å². The number of rotatable bonds is 5. The first kappa shape index (κ1) is 18.3. The van der Waals surface area contributed by atoms with Crippen LogP contribution in [0.15, 0.2) is 66.9 Å². The highest BCUT2D eigenvalue weighted by molar-refractivity contribution is 6.05. The maximum atomic E-state index is 12.4. The molecule has 0 unspecified atom stereocenters. The van der Waals surface area contributed by atoms with Crippen LogP contribution in [-0.2, 0) is 6.54 Å². The van der Waals surface area contributed by atoms with E-state index in [0.29, 0.717) is 17.7 Å². The van der Waals surface area contributed by atoms with Gasteiger partial charge < -0.3 is 10.6 Å². The lowest BCUT2D eigenvalue weighted by Gasteiger charge is -2.09. The number of amides is 2. The summed E-state index contributed by atoms with van der Waals surface area (Å²) in [6, 6.07) is 18.0. The van der Waals surface area contributed by atoms with Crippen LogP contribution in [0.2, 0.25) is 0 Å². The van der Waals surface area contributed by atoms with Crippen molar-refractivity contribution in [1.82, 2.24) is 10.3 Å². The zero-order valence-electron chi connectivity index (χ0n) is 15.3. The molecule has 0 saturated carbocycles. The van der Waals surface area contributed by atoms with Crippen molar-refractivity contribution in [2.45, 2.75) is 20.4 Å². The smallest absolute Gasteiger partial charge is 0.255 e. The number of carbonyl (C=O) groups excluding carboxylic acids is 2.